The number of rotatable bonds is 11. The van der Waals surface area contributed by atoms with Gasteiger partial charge in [0.1, 0.15) is 11.0 Å². The fourth-order valence-electron chi connectivity index (χ4n) is 3.90. The number of hydrogen-bond donors (Lipinski definition) is 1. The van der Waals surface area contributed by atoms with Crippen molar-refractivity contribution in [3.63, 3.8) is 0 Å². The Balaban J connectivity index is 1.71. The van der Waals surface area contributed by atoms with E-state index in [1.807, 2.05) is 70.9 Å². The van der Waals surface area contributed by atoms with Crippen LogP contribution in [0, 0.1) is 0 Å². The van der Waals surface area contributed by atoms with Gasteiger partial charge in [-0.05, 0) is 53.3 Å². The fraction of sp³-hybridized carbons (Fsp3) is 0.214. The molecule has 1 atom stereocenters. The Labute approximate surface area is 224 Å². The first-order valence-corrected chi connectivity index (χ1v) is 14.0. The van der Waals surface area contributed by atoms with Crippen molar-refractivity contribution in [2.24, 2.45) is 0 Å². The Kier molecular flexibility index (Phi) is 9.29. The summed E-state index contributed by atoms with van der Waals surface area (Å²) in [7, 11) is 1.33. The van der Waals surface area contributed by atoms with Crippen LogP contribution in [0.1, 0.15) is 27.3 Å². The SMILES string of the molecule is COC(=O)[C@H](CCSC)NC(=O)c1ccc(C=C(Cn2ccnc2)c2nccs2)cc1-c1ccccc1. The van der Waals surface area contributed by atoms with Gasteiger partial charge in [0.15, 0.2) is 0 Å². The highest BCUT2D eigenvalue weighted by atomic mass is 32.2. The van der Waals surface area contributed by atoms with Crippen molar-refractivity contribution in [3.8, 4) is 11.1 Å². The number of methoxy groups -OCH3 is 1. The smallest absolute Gasteiger partial charge is 0.328 e. The summed E-state index contributed by atoms with van der Waals surface area (Å²) in [6.07, 6.45) is 11.8. The van der Waals surface area contributed by atoms with E-state index in [0.717, 1.165) is 33.0 Å². The third kappa shape index (κ3) is 6.96. The van der Waals surface area contributed by atoms with Gasteiger partial charge in [0.2, 0.25) is 0 Å². The number of nitrogens with zero attached hydrogens (tertiary/aromatic N) is 3. The average Bonchev–Trinajstić information content (AvgIpc) is 3.65. The summed E-state index contributed by atoms with van der Waals surface area (Å²) in [5.41, 5.74) is 4.15. The maximum Gasteiger partial charge on any atom is 0.328 e. The Morgan fingerprint density at radius 2 is 2.03 bits per heavy atom. The molecule has 0 unspecified atom stereocenters. The van der Waals surface area contributed by atoms with Crippen molar-refractivity contribution in [1.29, 1.82) is 0 Å². The molecule has 4 aromatic rings. The number of imidazole rings is 1. The normalized spacial score (nSPS) is 12.2. The van der Waals surface area contributed by atoms with Crippen LogP contribution in [0.4, 0.5) is 0 Å². The zero-order valence-electron chi connectivity index (χ0n) is 20.7. The second kappa shape index (κ2) is 13.0. The molecule has 0 aliphatic carbocycles. The number of amides is 1. The highest BCUT2D eigenvalue weighted by Gasteiger charge is 2.23. The van der Waals surface area contributed by atoms with Gasteiger partial charge in [-0.25, -0.2) is 14.8 Å². The van der Waals surface area contributed by atoms with Crippen LogP contribution in [0.2, 0.25) is 0 Å². The van der Waals surface area contributed by atoms with Crippen LogP contribution in [-0.4, -0.2) is 51.6 Å². The lowest BCUT2D eigenvalue weighted by Crippen LogP contribution is -2.42. The van der Waals surface area contributed by atoms with E-state index < -0.39 is 12.0 Å². The molecular formula is C28H28N4O3S2. The largest absolute Gasteiger partial charge is 0.467 e. The molecule has 7 nitrogen and oxygen atoms in total. The zero-order chi connectivity index (χ0) is 26.0. The molecule has 0 saturated carbocycles. The summed E-state index contributed by atoms with van der Waals surface area (Å²) in [4.78, 5) is 34.4. The number of nitrogens with one attached hydrogen (secondary N) is 1. The first kappa shape index (κ1) is 26.4. The highest BCUT2D eigenvalue weighted by Crippen LogP contribution is 2.28. The van der Waals surface area contributed by atoms with E-state index in [1.165, 1.54) is 7.11 Å². The van der Waals surface area contributed by atoms with E-state index in [4.69, 9.17) is 4.74 Å². The molecule has 37 heavy (non-hydrogen) atoms. The minimum atomic E-state index is -0.708. The lowest BCUT2D eigenvalue weighted by Gasteiger charge is -2.18. The van der Waals surface area contributed by atoms with Crippen LogP contribution in [0.15, 0.2) is 78.8 Å². The number of thiazole rings is 1. The van der Waals surface area contributed by atoms with Crippen molar-refractivity contribution < 1.29 is 14.3 Å². The molecule has 2 aromatic carbocycles. The maximum absolute atomic E-state index is 13.4. The molecule has 0 aliphatic heterocycles. The molecule has 0 fully saturated rings. The van der Waals surface area contributed by atoms with E-state index in [-0.39, 0.29) is 5.91 Å². The Morgan fingerprint density at radius 1 is 1.19 bits per heavy atom. The second-order valence-corrected chi connectivity index (χ2v) is 10.1. The van der Waals surface area contributed by atoms with Crippen molar-refractivity contribution in [3.05, 3.63) is 95.0 Å². The lowest BCUT2D eigenvalue weighted by molar-refractivity contribution is -0.142. The van der Waals surface area contributed by atoms with Gasteiger partial charge in [0, 0.05) is 35.1 Å². The van der Waals surface area contributed by atoms with Crippen molar-refractivity contribution in [2.75, 3.05) is 19.1 Å². The van der Waals surface area contributed by atoms with Gasteiger partial charge >= 0.3 is 5.97 Å². The number of carbonyl (C=O) groups is 2. The molecule has 0 aliphatic rings. The van der Waals surface area contributed by atoms with Crippen LogP contribution in [0.25, 0.3) is 22.8 Å². The summed E-state index contributed by atoms with van der Waals surface area (Å²) in [5.74, 6) is -0.0357. The van der Waals surface area contributed by atoms with Crippen molar-refractivity contribution >= 4 is 46.6 Å². The van der Waals surface area contributed by atoms with E-state index in [1.54, 1.807) is 41.8 Å². The van der Waals surface area contributed by atoms with E-state index in [2.05, 4.69) is 21.4 Å². The molecule has 1 N–H and O–H groups in total. The van der Waals surface area contributed by atoms with Crippen molar-refractivity contribution in [1.82, 2.24) is 19.9 Å². The van der Waals surface area contributed by atoms with Crippen molar-refractivity contribution in [2.45, 2.75) is 19.0 Å². The van der Waals surface area contributed by atoms with Crippen LogP contribution in [0.3, 0.4) is 0 Å². The molecule has 0 bridgehead atoms. The van der Waals surface area contributed by atoms with Gasteiger partial charge in [0.25, 0.3) is 5.91 Å². The van der Waals surface area contributed by atoms with Gasteiger partial charge in [-0.1, -0.05) is 36.4 Å². The number of esters is 1. The fourth-order valence-corrected chi connectivity index (χ4v) is 5.02. The summed E-state index contributed by atoms with van der Waals surface area (Å²) >= 11 is 3.19. The molecule has 1 amide bonds. The molecule has 0 radical (unpaired) electrons. The third-order valence-electron chi connectivity index (χ3n) is 5.73. The number of carbonyl (C=O) groups excluding carboxylic acids is 2. The Morgan fingerprint density at radius 3 is 2.70 bits per heavy atom. The number of ether oxygens (including phenoxy) is 1. The second-order valence-electron chi connectivity index (χ2n) is 8.24. The highest BCUT2D eigenvalue weighted by molar-refractivity contribution is 7.98. The molecule has 2 heterocycles. The van der Waals surface area contributed by atoms with E-state index in [0.29, 0.717) is 18.5 Å². The number of allylic oxidation sites excluding steroid dienone is 1. The van der Waals surface area contributed by atoms with Gasteiger partial charge in [-0.15, -0.1) is 11.3 Å². The maximum atomic E-state index is 13.4. The Bertz CT molecular complexity index is 1340. The number of benzene rings is 2. The van der Waals surface area contributed by atoms with Gasteiger partial charge in [0.05, 0.1) is 20.0 Å². The molecular weight excluding hydrogens is 504 g/mol. The quantitative estimate of drug-likeness (QED) is 0.265. The molecule has 4 rings (SSSR count). The average molecular weight is 533 g/mol. The molecule has 0 spiro atoms. The topological polar surface area (TPSA) is 86.1 Å². The predicted octanol–water partition coefficient (Wildman–Crippen LogP) is 5.27. The predicted molar refractivity (Wildman–Crippen MR) is 150 cm³/mol. The van der Waals surface area contributed by atoms with Gasteiger partial charge in [-0.3, -0.25) is 4.79 Å². The van der Waals surface area contributed by atoms with Crippen LogP contribution >= 0.6 is 23.1 Å². The van der Waals surface area contributed by atoms with Crippen LogP contribution < -0.4 is 5.32 Å². The molecule has 9 heteroatoms. The molecule has 0 saturated heterocycles. The summed E-state index contributed by atoms with van der Waals surface area (Å²) < 4.78 is 6.91. The lowest BCUT2D eigenvalue weighted by atomic mass is 9.95. The number of hydrogen-bond acceptors (Lipinski definition) is 7. The number of thioether (sulfide) groups is 1. The molecule has 190 valence electrons. The minimum Gasteiger partial charge on any atom is -0.467 e. The van der Waals surface area contributed by atoms with Crippen LogP contribution in [0.5, 0.6) is 0 Å². The zero-order valence-corrected chi connectivity index (χ0v) is 22.3. The monoisotopic (exact) mass is 532 g/mol. The third-order valence-corrected chi connectivity index (χ3v) is 7.23. The standard InChI is InChI=1S/C28H28N4O3S2/c1-35-28(34)25(10-14-36-2)31-26(33)23-9-8-20(17-24(23)21-6-4-3-5-7-21)16-22(27-30-12-15-37-27)18-32-13-11-29-19-32/h3-9,11-13,15-17,19,25H,10,14,18H2,1-2H3,(H,31,33)/t25-/m0/s1. The van der Waals surface area contributed by atoms with Gasteiger partial charge in [-0.2, -0.15) is 11.8 Å². The van der Waals surface area contributed by atoms with Crippen LogP contribution in [-0.2, 0) is 16.1 Å². The first-order valence-electron chi connectivity index (χ1n) is 11.7. The first-order chi connectivity index (χ1) is 18.1. The van der Waals surface area contributed by atoms with E-state index >= 15 is 0 Å². The summed E-state index contributed by atoms with van der Waals surface area (Å²) in [5, 5.41) is 5.76. The summed E-state index contributed by atoms with van der Waals surface area (Å²) in [6.45, 7) is 0.618. The van der Waals surface area contributed by atoms with Gasteiger partial charge < -0.3 is 14.6 Å². The molecule has 2 aromatic heterocycles. The summed E-state index contributed by atoms with van der Waals surface area (Å²) in [6, 6.07) is 14.8. The Hall–Kier alpha value is -3.69. The van der Waals surface area contributed by atoms with E-state index in [9.17, 15) is 9.59 Å². The number of aromatic nitrogens is 3. The minimum absolute atomic E-state index is 0.315.